The lowest BCUT2D eigenvalue weighted by Gasteiger charge is -2.01. The minimum absolute atomic E-state index is 0.264. The Bertz CT molecular complexity index is 72.1. The molecule has 0 aromatic heterocycles. The fraction of sp³-hybridized carbons (Fsp3) is 0.600. The second-order valence-corrected chi connectivity index (χ2v) is 1.70. The van der Waals surface area contributed by atoms with Crippen molar-refractivity contribution in [3.05, 3.63) is 12.2 Å². The summed E-state index contributed by atoms with van der Waals surface area (Å²) in [6.45, 7) is 0. The van der Waals surface area contributed by atoms with Crippen molar-refractivity contribution in [1.29, 1.82) is 0 Å². The normalized spacial score (nSPS) is 21.3. The van der Waals surface area contributed by atoms with Crippen molar-refractivity contribution in [2.24, 2.45) is 5.90 Å². The molecule has 0 atom stereocenters. The molecule has 0 radical (unpaired) electrons. The lowest BCUT2D eigenvalue weighted by Crippen LogP contribution is -2.12. The van der Waals surface area contributed by atoms with E-state index in [-0.39, 0.29) is 6.10 Å². The van der Waals surface area contributed by atoms with Crippen LogP contribution < -0.4 is 5.90 Å². The molecule has 0 aliphatic heterocycles. The Kier molecular flexibility index (Phi) is 1.44. The minimum atomic E-state index is 0.264. The molecule has 2 nitrogen and oxygen atoms in total. The largest absolute Gasteiger partial charge is 0.301 e. The summed E-state index contributed by atoms with van der Waals surface area (Å²) in [6.07, 6.45) is 6.39. The van der Waals surface area contributed by atoms with Gasteiger partial charge in [0, 0.05) is 0 Å². The van der Waals surface area contributed by atoms with Crippen LogP contribution in [0.2, 0.25) is 0 Å². The molecule has 7 heavy (non-hydrogen) atoms. The van der Waals surface area contributed by atoms with Crippen LogP contribution in [0.5, 0.6) is 0 Å². The highest BCUT2D eigenvalue weighted by Gasteiger charge is 2.06. The van der Waals surface area contributed by atoms with Gasteiger partial charge in [0.1, 0.15) is 0 Å². The van der Waals surface area contributed by atoms with Gasteiger partial charge in [0.15, 0.2) is 0 Å². The van der Waals surface area contributed by atoms with E-state index in [2.05, 4.69) is 17.0 Å². The van der Waals surface area contributed by atoms with E-state index in [0.29, 0.717) is 0 Å². The van der Waals surface area contributed by atoms with Crippen LogP contribution in [0.3, 0.4) is 0 Å². The highest BCUT2D eigenvalue weighted by molar-refractivity contribution is 4.94. The number of rotatable bonds is 1. The fourth-order valence-electron chi connectivity index (χ4n) is 0.703. The van der Waals surface area contributed by atoms with E-state index < -0.39 is 0 Å². The zero-order valence-corrected chi connectivity index (χ0v) is 4.13. The van der Waals surface area contributed by atoms with Crippen molar-refractivity contribution in [3.63, 3.8) is 0 Å². The fourth-order valence-corrected chi connectivity index (χ4v) is 0.703. The zero-order chi connectivity index (χ0) is 5.11. The third-order valence-electron chi connectivity index (χ3n) is 1.16. The highest BCUT2D eigenvalue weighted by atomic mass is 16.6. The van der Waals surface area contributed by atoms with Gasteiger partial charge in [-0.1, -0.05) is 12.2 Å². The van der Waals surface area contributed by atoms with Gasteiger partial charge in [-0.2, -0.15) is 0 Å². The van der Waals surface area contributed by atoms with Crippen LogP contribution in [0.1, 0.15) is 12.8 Å². The Balaban J connectivity index is 2.22. The van der Waals surface area contributed by atoms with Crippen LogP contribution in [-0.4, -0.2) is 6.10 Å². The molecule has 0 unspecified atom stereocenters. The van der Waals surface area contributed by atoms with E-state index in [0.717, 1.165) is 12.8 Å². The zero-order valence-electron chi connectivity index (χ0n) is 4.13. The Morgan fingerprint density at radius 1 is 1.43 bits per heavy atom. The van der Waals surface area contributed by atoms with Crippen molar-refractivity contribution in [2.45, 2.75) is 18.9 Å². The van der Waals surface area contributed by atoms with Crippen LogP contribution in [0.25, 0.3) is 0 Å². The van der Waals surface area contributed by atoms with E-state index in [1.165, 1.54) is 0 Å². The van der Waals surface area contributed by atoms with Crippen molar-refractivity contribution >= 4 is 0 Å². The molecular formula is C5H9NO. The first-order valence-corrected chi connectivity index (χ1v) is 2.44. The Morgan fingerprint density at radius 3 is 2.29 bits per heavy atom. The van der Waals surface area contributed by atoms with E-state index in [4.69, 9.17) is 5.90 Å². The van der Waals surface area contributed by atoms with Gasteiger partial charge in [-0.05, 0) is 12.8 Å². The molecule has 0 amide bonds. The van der Waals surface area contributed by atoms with Gasteiger partial charge in [-0.15, -0.1) is 0 Å². The number of hydrogen-bond donors (Lipinski definition) is 1. The molecule has 1 aliphatic rings. The summed E-state index contributed by atoms with van der Waals surface area (Å²) >= 11 is 0. The smallest absolute Gasteiger partial charge is 0.0855 e. The first kappa shape index (κ1) is 4.81. The van der Waals surface area contributed by atoms with Crippen LogP contribution in [0.4, 0.5) is 0 Å². The predicted molar refractivity (Wildman–Crippen MR) is 27.4 cm³/mol. The standard InChI is InChI=1S/C5H9NO/c6-7-5-3-1-2-4-5/h1-2,5H,3-4,6H2. The lowest BCUT2D eigenvalue weighted by molar-refractivity contribution is 0.0629. The second kappa shape index (κ2) is 2.09. The van der Waals surface area contributed by atoms with Gasteiger partial charge < -0.3 is 4.84 Å². The van der Waals surface area contributed by atoms with E-state index >= 15 is 0 Å². The monoisotopic (exact) mass is 99.1 g/mol. The van der Waals surface area contributed by atoms with Gasteiger partial charge >= 0.3 is 0 Å². The van der Waals surface area contributed by atoms with Gasteiger partial charge in [-0.3, -0.25) is 0 Å². The number of hydrogen-bond acceptors (Lipinski definition) is 2. The predicted octanol–water partition coefficient (Wildman–Crippen LogP) is 0.595. The lowest BCUT2D eigenvalue weighted by atomic mass is 10.3. The maximum atomic E-state index is 4.89. The summed E-state index contributed by atoms with van der Waals surface area (Å²) in [7, 11) is 0. The summed E-state index contributed by atoms with van der Waals surface area (Å²) in [4.78, 5) is 4.55. The second-order valence-electron chi connectivity index (χ2n) is 1.70. The molecule has 0 saturated heterocycles. The molecule has 2 heteroatoms. The molecule has 40 valence electrons. The molecule has 1 rings (SSSR count). The first-order chi connectivity index (χ1) is 3.43. The van der Waals surface area contributed by atoms with Crippen molar-refractivity contribution in [2.75, 3.05) is 0 Å². The van der Waals surface area contributed by atoms with E-state index in [9.17, 15) is 0 Å². The van der Waals surface area contributed by atoms with E-state index in [1.807, 2.05) is 0 Å². The van der Waals surface area contributed by atoms with Gasteiger partial charge in [0.05, 0.1) is 6.10 Å². The average Bonchev–Trinajstić information content (AvgIpc) is 2.14. The number of nitrogens with two attached hydrogens (primary N) is 1. The van der Waals surface area contributed by atoms with Crippen molar-refractivity contribution in [3.8, 4) is 0 Å². The SMILES string of the molecule is NOC1CC=CC1. The minimum Gasteiger partial charge on any atom is -0.301 e. The quantitative estimate of drug-likeness (QED) is 0.386. The summed E-state index contributed by atoms with van der Waals surface area (Å²) in [5, 5.41) is 0. The first-order valence-electron chi connectivity index (χ1n) is 2.44. The highest BCUT2D eigenvalue weighted by Crippen LogP contribution is 2.10. The summed E-state index contributed by atoms with van der Waals surface area (Å²) < 4.78 is 0. The molecule has 0 bridgehead atoms. The maximum Gasteiger partial charge on any atom is 0.0855 e. The topological polar surface area (TPSA) is 35.2 Å². The molecule has 2 N–H and O–H groups in total. The Hall–Kier alpha value is -0.340. The molecule has 0 heterocycles. The van der Waals surface area contributed by atoms with Gasteiger partial charge in [-0.25, -0.2) is 5.90 Å². The van der Waals surface area contributed by atoms with Gasteiger partial charge in [0.2, 0.25) is 0 Å². The van der Waals surface area contributed by atoms with Crippen LogP contribution in [0, 0.1) is 0 Å². The maximum absolute atomic E-state index is 4.89. The van der Waals surface area contributed by atoms with Crippen LogP contribution in [-0.2, 0) is 4.84 Å². The van der Waals surface area contributed by atoms with E-state index in [1.54, 1.807) is 0 Å². The average molecular weight is 99.1 g/mol. The third kappa shape index (κ3) is 1.01. The molecule has 0 aromatic rings. The summed E-state index contributed by atoms with van der Waals surface area (Å²) in [5.74, 6) is 4.89. The van der Waals surface area contributed by atoms with Crippen molar-refractivity contribution < 1.29 is 4.84 Å². The van der Waals surface area contributed by atoms with Crippen LogP contribution in [0.15, 0.2) is 12.2 Å². The van der Waals surface area contributed by atoms with Crippen LogP contribution >= 0.6 is 0 Å². The van der Waals surface area contributed by atoms with Gasteiger partial charge in [0.25, 0.3) is 0 Å². The third-order valence-corrected chi connectivity index (χ3v) is 1.16. The molecule has 0 saturated carbocycles. The summed E-state index contributed by atoms with van der Waals surface area (Å²) in [5.41, 5.74) is 0. The van der Waals surface area contributed by atoms with Crippen molar-refractivity contribution in [1.82, 2.24) is 0 Å². The molecular weight excluding hydrogens is 90.1 g/mol. The summed E-state index contributed by atoms with van der Waals surface area (Å²) in [6, 6.07) is 0. The molecule has 0 spiro atoms. The Labute approximate surface area is 42.9 Å². The molecule has 1 aliphatic carbocycles. The molecule has 0 aromatic carbocycles. The Morgan fingerprint density at radius 2 is 2.00 bits per heavy atom. The molecule has 0 fully saturated rings.